The number of hydrogen-bond acceptors (Lipinski definition) is 4. The van der Waals surface area contributed by atoms with Crippen LogP contribution in [-0.2, 0) is 4.79 Å². The molecule has 1 aromatic carbocycles. The summed E-state index contributed by atoms with van der Waals surface area (Å²) < 4.78 is 5.40. The zero-order valence-electron chi connectivity index (χ0n) is 12.7. The van der Waals surface area contributed by atoms with Crippen molar-refractivity contribution in [3.05, 3.63) is 36.2 Å². The summed E-state index contributed by atoms with van der Waals surface area (Å²) in [7, 11) is 0. The summed E-state index contributed by atoms with van der Waals surface area (Å²) in [5.41, 5.74) is 8.21. The van der Waals surface area contributed by atoms with E-state index in [0.29, 0.717) is 18.4 Å². The van der Waals surface area contributed by atoms with E-state index in [1.54, 1.807) is 6.26 Å². The quantitative estimate of drug-likeness (QED) is 0.909. The number of rotatable bonds is 4. The summed E-state index contributed by atoms with van der Waals surface area (Å²) in [5.74, 6) is 0.957. The third-order valence-corrected chi connectivity index (χ3v) is 4.29. The first-order valence-electron chi connectivity index (χ1n) is 7.71. The van der Waals surface area contributed by atoms with Crippen molar-refractivity contribution in [2.75, 3.05) is 11.9 Å². The first-order chi connectivity index (χ1) is 10.7. The van der Waals surface area contributed by atoms with Crippen LogP contribution in [0, 0.1) is 18.8 Å². The Morgan fingerprint density at radius 2 is 2.32 bits per heavy atom. The van der Waals surface area contributed by atoms with Crippen LogP contribution in [0.5, 0.6) is 0 Å². The summed E-state index contributed by atoms with van der Waals surface area (Å²) >= 11 is 0. The zero-order valence-corrected chi connectivity index (χ0v) is 12.7. The number of carbonyl (C=O) groups is 1. The van der Waals surface area contributed by atoms with Gasteiger partial charge in [0.2, 0.25) is 11.8 Å². The Kier molecular flexibility index (Phi) is 4.24. The lowest BCUT2D eigenvalue weighted by atomic mass is 9.95. The molecule has 1 heterocycles. The second-order valence-electron chi connectivity index (χ2n) is 5.90. The molecule has 1 fully saturated rings. The highest BCUT2D eigenvalue weighted by atomic mass is 16.3. The van der Waals surface area contributed by atoms with Crippen molar-refractivity contribution in [3.8, 4) is 11.5 Å². The molecule has 1 aliphatic rings. The zero-order chi connectivity index (χ0) is 15.5. The molecule has 1 aromatic heterocycles. The topological polar surface area (TPSA) is 81.2 Å². The maximum absolute atomic E-state index is 12.4. The second-order valence-corrected chi connectivity index (χ2v) is 5.90. The summed E-state index contributed by atoms with van der Waals surface area (Å²) in [5, 5.41) is 3.00. The van der Waals surface area contributed by atoms with Crippen LogP contribution in [0.2, 0.25) is 0 Å². The van der Waals surface area contributed by atoms with E-state index in [0.717, 1.165) is 36.2 Å². The molecule has 0 spiro atoms. The molecule has 2 atom stereocenters. The van der Waals surface area contributed by atoms with E-state index in [-0.39, 0.29) is 11.8 Å². The van der Waals surface area contributed by atoms with Crippen molar-refractivity contribution in [2.45, 2.75) is 26.2 Å². The fraction of sp³-hybridized carbons (Fsp3) is 0.412. The van der Waals surface area contributed by atoms with Crippen LogP contribution in [0.1, 0.15) is 25.0 Å². The predicted molar refractivity (Wildman–Crippen MR) is 85.2 cm³/mol. The SMILES string of the molecule is Cc1coc(-c2cccc(NC(=O)[C@@H]3CCC[C@@H]3CN)c2)n1. The first-order valence-corrected chi connectivity index (χ1v) is 7.71. The highest BCUT2D eigenvalue weighted by Crippen LogP contribution is 2.32. The molecule has 0 unspecified atom stereocenters. The van der Waals surface area contributed by atoms with Gasteiger partial charge in [0.1, 0.15) is 6.26 Å². The lowest BCUT2D eigenvalue weighted by molar-refractivity contribution is -0.120. The number of aryl methyl sites for hydroxylation is 1. The number of aromatic nitrogens is 1. The van der Waals surface area contributed by atoms with Crippen molar-refractivity contribution in [3.63, 3.8) is 0 Å². The van der Waals surface area contributed by atoms with E-state index >= 15 is 0 Å². The first kappa shape index (κ1) is 14.8. The van der Waals surface area contributed by atoms with Crippen LogP contribution in [0.4, 0.5) is 5.69 Å². The largest absolute Gasteiger partial charge is 0.444 e. The van der Waals surface area contributed by atoms with Gasteiger partial charge in [-0.2, -0.15) is 0 Å². The van der Waals surface area contributed by atoms with Gasteiger partial charge in [-0.3, -0.25) is 4.79 Å². The van der Waals surface area contributed by atoms with Gasteiger partial charge in [-0.25, -0.2) is 4.98 Å². The van der Waals surface area contributed by atoms with Gasteiger partial charge in [0.05, 0.1) is 5.69 Å². The Labute approximate surface area is 129 Å². The smallest absolute Gasteiger partial charge is 0.227 e. The van der Waals surface area contributed by atoms with Gasteiger partial charge >= 0.3 is 0 Å². The van der Waals surface area contributed by atoms with Crippen molar-refractivity contribution in [1.29, 1.82) is 0 Å². The fourth-order valence-corrected chi connectivity index (χ4v) is 3.12. The number of oxazole rings is 1. The van der Waals surface area contributed by atoms with Gasteiger partial charge in [-0.05, 0) is 50.4 Å². The fourth-order valence-electron chi connectivity index (χ4n) is 3.12. The summed E-state index contributed by atoms with van der Waals surface area (Å²) in [6.45, 7) is 2.46. The minimum Gasteiger partial charge on any atom is -0.444 e. The van der Waals surface area contributed by atoms with E-state index in [1.807, 2.05) is 31.2 Å². The van der Waals surface area contributed by atoms with Crippen LogP contribution in [-0.4, -0.2) is 17.4 Å². The Morgan fingerprint density at radius 3 is 3.05 bits per heavy atom. The summed E-state index contributed by atoms with van der Waals surface area (Å²) in [4.78, 5) is 16.7. The van der Waals surface area contributed by atoms with Crippen molar-refractivity contribution in [1.82, 2.24) is 4.98 Å². The molecule has 1 amide bonds. The number of anilines is 1. The molecule has 22 heavy (non-hydrogen) atoms. The van der Waals surface area contributed by atoms with E-state index in [2.05, 4.69) is 10.3 Å². The van der Waals surface area contributed by atoms with Crippen LogP contribution in [0.15, 0.2) is 34.9 Å². The molecule has 1 saturated carbocycles. The predicted octanol–water partition coefficient (Wildman–Crippen LogP) is 2.96. The van der Waals surface area contributed by atoms with Crippen LogP contribution in [0.3, 0.4) is 0 Å². The van der Waals surface area contributed by atoms with E-state index in [4.69, 9.17) is 10.2 Å². The van der Waals surface area contributed by atoms with E-state index < -0.39 is 0 Å². The number of nitrogens with one attached hydrogen (secondary N) is 1. The van der Waals surface area contributed by atoms with E-state index in [1.165, 1.54) is 0 Å². The molecule has 0 radical (unpaired) electrons. The number of benzene rings is 1. The van der Waals surface area contributed by atoms with Gasteiger partial charge in [-0.15, -0.1) is 0 Å². The maximum Gasteiger partial charge on any atom is 0.227 e. The molecule has 3 N–H and O–H groups in total. The van der Waals surface area contributed by atoms with Gasteiger partial charge in [0, 0.05) is 17.2 Å². The third kappa shape index (κ3) is 3.04. The average molecular weight is 299 g/mol. The Morgan fingerprint density at radius 1 is 1.45 bits per heavy atom. The Hall–Kier alpha value is -2.14. The monoisotopic (exact) mass is 299 g/mol. The molecule has 5 heteroatoms. The van der Waals surface area contributed by atoms with Gasteiger partial charge in [-0.1, -0.05) is 12.5 Å². The van der Waals surface area contributed by atoms with Gasteiger partial charge in [0.15, 0.2) is 0 Å². The highest BCUT2D eigenvalue weighted by Gasteiger charge is 2.31. The number of hydrogen-bond donors (Lipinski definition) is 2. The lowest BCUT2D eigenvalue weighted by Gasteiger charge is -2.17. The molecule has 3 rings (SSSR count). The number of nitrogens with zero attached hydrogens (tertiary/aromatic N) is 1. The van der Waals surface area contributed by atoms with Crippen molar-refractivity contribution < 1.29 is 9.21 Å². The average Bonchev–Trinajstić information content (AvgIpc) is 3.16. The highest BCUT2D eigenvalue weighted by molar-refractivity contribution is 5.93. The minimum absolute atomic E-state index is 0.0256. The van der Waals surface area contributed by atoms with Crippen LogP contribution in [0.25, 0.3) is 11.5 Å². The standard InChI is InChI=1S/C17H21N3O2/c1-11-10-22-17(19-11)12-4-2-6-14(8-12)20-16(21)15-7-3-5-13(15)9-18/h2,4,6,8,10,13,15H,3,5,7,9,18H2,1H3,(H,20,21)/t13-,15-/m1/s1. The molecular formula is C17H21N3O2. The van der Waals surface area contributed by atoms with Crippen LogP contribution < -0.4 is 11.1 Å². The normalized spacial score (nSPS) is 21.0. The molecule has 0 saturated heterocycles. The molecule has 0 aliphatic heterocycles. The number of carbonyl (C=O) groups excluding carboxylic acids is 1. The number of nitrogens with two attached hydrogens (primary N) is 1. The Balaban J connectivity index is 1.74. The molecular weight excluding hydrogens is 278 g/mol. The Bertz CT molecular complexity index is 665. The second kappa shape index (κ2) is 6.32. The van der Waals surface area contributed by atoms with E-state index in [9.17, 15) is 4.79 Å². The molecule has 5 nitrogen and oxygen atoms in total. The van der Waals surface area contributed by atoms with Gasteiger partial charge < -0.3 is 15.5 Å². The summed E-state index contributed by atoms with van der Waals surface area (Å²) in [6, 6.07) is 7.57. The third-order valence-electron chi connectivity index (χ3n) is 4.29. The molecule has 116 valence electrons. The van der Waals surface area contributed by atoms with Crippen LogP contribution >= 0.6 is 0 Å². The van der Waals surface area contributed by atoms with Gasteiger partial charge in [0.25, 0.3) is 0 Å². The molecule has 1 aliphatic carbocycles. The maximum atomic E-state index is 12.4. The molecule has 2 aromatic rings. The summed E-state index contributed by atoms with van der Waals surface area (Å²) in [6.07, 6.45) is 4.66. The minimum atomic E-state index is 0.0256. The lowest BCUT2D eigenvalue weighted by Crippen LogP contribution is -2.29. The van der Waals surface area contributed by atoms with Crippen molar-refractivity contribution >= 4 is 11.6 Å². The number of amides is 1. The van der Waals surface area contributed by atoms with Crippen molar-refractivity contribution in [2.24, 2.45) is 17.6 Å². The molecule has 0 bridgehead atoms.